The van der Waals surface area contributed by atoms with Gasteiger partial charge in [-0.25, -0.2) is 0 Å². The van der Waals surface area contributed by atoms with E-state index in [0.29, 0.717) is 23.7 Å². The maximum absolute atomic E-state index is 13.3. The average molecular weight is 782 g/mol. The lowest BCUT2D eigenvalue weighted by Gasteiger charge is -2.39. The number of benzene rings is 4. The fraction of sp³-hybridized carbons (Fsp3) is 0.362. The Morgan fingerprint density at radius 2 is 1.40 bits per heavy atom. The summed E-state index contributed by atoms with van der Waals surface area (Å²) in [5, 5.41) is 12.2. The number of hydrogen-bond donors (Lipinski definition) is 2. The van der Waals surface area contributed by atoms with Crippen LogP contribution in [0.2, 0.25) is 0 Å². The predicted octanol–water partition coefficient (Wildman–Crippen LogP) is 6.08. The van der Waals surface area contributed by atoms with Gasteiger partial charge in [-0.05, 0) is 115 Å². The van der Waals surface area contributed by atoms with E-state index in [-0.39, 0.29) is 24.5 Å². The Hall–Kier alpha value is -5.78. The second-order valence-corrected chi connectivity index (χ2v) is 15.7. The number of fused-ring (bicyclic) bond motifs is 1. The van der Waals surface area contributed by atoms with Crippen molar-refractivity contribution < 1.29 is 29.0 Å². The van der Waals surface area contributed by atoms with Gasteiger partial charge in [-0.1, -0.05) is 61.5 Å². The number of nitrogens with zero attached hydrogens (tertiary/aromatic N) is 4. The van der Waals surface area contributed by atoms with Gasteiger partial charge < -0.3 is 14.7 Å². The third-order valence-electron chi connectivity index (χ3n) is 12.1. The smallest absolute Gasteiger partial charge is 0.262 e. The summed E-state index contributed by atoms with van der Waals surface area (Å²) in [6.45, 7) is 10.4. The Morgan fingerprint density at radius 3 is 2.07 bits per heavy atom. The first kappa shape index (κ1) is 39.1. The van der Waals surface area contributed by atoms with Crippen LogP contribution in [-0.2, 0) is 9.59 Å². The summed E-state index contributed by atoms with van der Waals surface area (Å²) in [6, 6.07) is 30.7. The van der Waals surface area contributed by atoms with Gasteiger partial charge in [0.05, 0.1) is 11.1 Å². The number of carbonyl (C=O) groups excluding carboxylic acids is 4. The molecule has 0 aromatic heterocycles. The van der Waals surface area contributed by atoms with Crippen LogP contribution >= 0.6 is 0 Å². The van der Waals surface area contributed by atoms with Crippen LogP contribution in [0.3, 0.4) is 0 Å². The molecule has 4 amide bonds. The third-order valence-corrected chi connectivity index (χ3v) is 12.1. The molecule has 4 aliphatic rings. The zero-order valence-electron chi connectivity index (χ0n) is 33.1. The number of carbonyl (C=O) groups is 4. The number of likely N-dealkylation sites (tertiary alicyclic amines) is 1. The zero-order chi connectivity index (χ0) is 40.2. The average Bonchev–Trinajstić information content (AvgIpc) is 3.49. The first-order valence-electron chi connectivity index (χ1n) is 20.6. The van der Waals surface area contributed by atoms with Crippen LogP contribution in [0.1, 0.15) is 76.4 Å². The maximum Gasteiger partial charge on any atom is 0.262 e. The second-order valence-electron chi connectivity index (χ2n) is 15.7. The van der Waals surface area contributed by atoms with Crippen molar-refractivity contribution in [3.63, 3.8) is 0 Å². The zero-order valence-corrected chi connectivity index (χ0v) is 33.1. The molecule has 4 heterocycles. The summed E-state index contributed by atoms with van der Waals surface area (Å²) in [7, 11) is 0. The molecule has 3 fully saturated rings. The van der Waals surface area contributed by atoms with Crippen molar-refractivity contribution in [1.29, 1.82) is 0 Å². The van der Waals surface area contributed by atoms with Gasteiger partial charge in [-0.15, -0.1) is 0 Å². The van der Waals surface area contributed by atoms with Crippen LogP contribution < -0.4 is 15.0 Å². The number of nitrogens with one attached hydrogen (secondary N) is 1. The van der Waals surface area contributed by atoms with Gasteiger partial charge in [0.1, 0.15) is 24.1 Å². The summed E-state index contributed by atoms with van der Waals surface area (Å²) in [5.74, 6) is -0.169. The molecule has 0 radical (unpaired) electrons. The Morgan fingerprint density at radius 1 is 0.724 bits per heavy atom. The lowest BCUT2D eigenvalue weighted by atomic mass is 9.88. The van der Waals surface area contributed by atoms with Crippen molar-refractivity contribution in [3.05, 3.63) is 125 Å². The molecule has 2 N–H and O–H groups in total. The van der Waals surface area contributed by atoms with Gasteiger partial charge in [-0.3, -0.25) is 39.2 Å². The highest BCUT2D eigenvalue weighted by molar-refractivity contribution is 6.23. The van der Waals surface area contributed by atoms with Crippen molar-refractivity contribution >= 4 is 40.5 Å². The van der Waals surface area contributed by atoms with Crippen LogP contribution in [-0.4, -0.2) is 108 Å². The molecule has 0 bridgehead atoms. The Bertz CT molecular complexity index is 2170. The number of imide groups is 2. The molecule has 4 aromatic carbocycles. The number of rotatable bonds is 12. The molecule has 4 aliphatic heterocycles. The van der Waals surface area contributed by atoms with E-state index in [1.54, 1.807) is 24.3 Å². The number of hydrogen-bond acceptors (Lipinski definition) is 9. The quantitative estimate of drug-likeness (QED) is 0.130. The highest BCUT2D eigenvalue weighted by Gasteiger charge is 2.45. The normalized spacial score (nSPS) is 19.9. The Balaban J connectivity index is 0.787. The molecule has 0 saturated carbocycles. The van der Waals surface area contributed by atoms with E-state index in [2.05, 4.69) is 75.5 Å². The van der Waals surface area contributed by atoms with Gasteiger partial charge in [-0.2, -0.15) is 0 Å². The highest BCUT2D eigenvalue weighted by Crippen LogP contribution is 2.36. The molecule has 11 nitrogen and oxygen atoms in total. The van der Waals surface area contributed by atoms with Crippen LogP contribution in [0.25, 0.3) is 11.1 Å². The van der Waals surface area contributed by atoms with Crippen LogP contribution in [0, 0.1) is 5.92 Å². The largest absolute Gasteiger partial charge is 0.508 e. The highest BCUT2D eigenvalue weighted by atomic mass is 16.5. The van der Waals surface area contributed by atoms with E-state index in [9.17, 15) is 24.3 Å². The molecule has 300 valence electrons. The summed E-state index contributed by atoms with van der Waals surface area (Å²) < 4.78 is 6.24. The second kappa shape index (κ2) is 17.4. The van der Waals surface area contributed by atoms with E-state index in [4.69, 9.17) is 4.74 Å². The summed E-state index contributed by atoms with van der Waals surface area (Å²) in [6.07, 6.45) is 3.44. The minimum atomic E-state index is -0.961. The summed E-state index contributed by atoms with van der Waals surface area (Å²) >= 11 is 0. The molecule has 4 aromatic rings. The predicted molar refractivity (Wildman–Crippen MR) is 224 cm³/mol. The van der Waals surface area contributed by atoms with Gasteiger partial charge in [0.25, 0.3) is 11.8 Å². The fourth-order valence-corrected chi connectivity index (χ4v) is 8.92. The molecule has 58 heavy (non-hydrogen) atoms. The minimum Gasteiger partial charge on any atom is -0.508 e. The third kappa shape index (κ3) is 8.42. The minimum absolute atomic E-state index is 0.101. The number of ether oxygens (including phenoxy) is 1. The molecule has 3 saturated heterocycles. The molecule has 0 spiro atoms. The van der Waals surface area contributed by atoms with E-state index in [0.717, 1.165) is 105 Å². The van der Waals surface area contributed by atoms with Gasteiger partial charge >= 0.3 is 0 Å². The SMILES string of the molecule is CCC(=C(c1ccc(O)cc1)c1ccc(OCCN2CCC(CN3CCN(c4ccc5c(c4)C(=O)N(C4CCC(=O)NC4=O)C5=O)CC3)CC2)cc1)c1ccccc1. The van der Waals surface area contributed by atoms with Gasteiger partial charge in [0, 0.05) is 51.4 Å². The number of phenols is 1. The number of phenolic OH excluding ortho intramolecular Hbond substituents is 1. The van der Waals surface area contributed by atoms with E-state index in [1.807, 2.05) is 24.3 Å². The summed E-state index contributed by atoms with van der Waals surface area (Å²) in [5.41, 5.74) is 7.30. The monoisotopic (exact) mass is 781 g/mol. The van der Waals surface area contributed by atoms with Gasteiger partial charge in [0.2, 0.25) is 11.8 Å². The Kier molecular flexibility index (Phi) is 11.7. The molecule has 8 rings (SSSR count). The van der Waals surface area contributed by atoms with E-state index >= 15 is 0 Å². The maximum atomic E-state index is 13.3. The van der Waals surface area contributed by atoms with Crippen molar-refractivity contribution in [2.24, 2.45) is 5.92 Å². The lowest BCUT2D eigenvalue weighted by molar-refractivity contribution is -0.136. The number of amides is 4. The van der Waals surface area contributed by atoms with Crippen molar-refractivity contribution in [1.82, 2.24) is 20.0 Å². The summed E-state index contributed by atoms with van der Waals surface area (Å²) in [4.78, 5) is 58.8. The number of piperazine rings is 1. The van der Waals surface area contributed by atoms with Gasteiger partial charge in [0.15, 0.2) is 0 Å². The van der Waals surface area contributed by atoms with Crippen molar-refractivity contribution in [2.45, 2.75) is 45.1 Å². The topological polar surface area (TPSA) is 123 Å². The molecular formula is C47H51N5O6. The van der Waals surface area contributed by atoms with Crippen LogP contribution in [0.15, 0.2) is 97.1 Å². The number of piperidine rings is 2. The number of allylic oxidation sites excluding steroid dienone is 1. The molecule has 0 aliphatic carbocycles. The van der Waals surface area contributed by atoms with Crippen molar-refractivity contribution in [2.75, 3.05) is 63.9 Å². The number of anilines is 1. The standard InChI is InChI=1S/C47H51N5O6/c1-2-39(33-6-4-3-5-7-33)44(34-8-13-37(53)14-9-34)35-10-15-38(16-11-35)58-29-28-49-22-20-32(21-23-49)31-50-24-26-51(27-25-50)36-12-17-40-41(30-36)47(57)52(46(40)56)42-18-19-43(54)48-45(42)55/h3-17,30,32,42,53H,2,18-29,31H2,1H3,(H,48,54,55). The first-order chi connectivity index (χ1) is 28.2. The lowest BCUT2D eigenvalue weighted by Crippen LogP contribution is -2.54. The fourth-order valence-electron chi connectivity index (χ4n) is 8.92. The molecule has 1 unspecified atom stereocenters. The van der Waals surface area contributed by atoms with Crippen LogP contribution in [0.4, 0.5) is 5.69 Å². The molecule has 1 atom stereocenters. The van der Waals surface area contributed by atoms with Crippen molar-refractivity contribution in [3.8, 4) is 11.5 Å². The van der Waals surface area contributed by atoms with E-state index < -0.39 is 23.8 Å². The first-order valence-corrected chi connectivity index (χ1v) is 20.6. The Labute approximate surface area is 339 Å². The van der Waals surface area contributed by atoms with Crippen LogP contribution in [0.5, 0.6) is 11.5 Å². The number of aromatic hydroxyl groups is 1. The molecule has 11 heteroatoms. The van der Waals surface area contributed by atoms with E-state index in [1.165, 1.54) is 11.1 Å². The molecular weight excluding hydrogens is 731 g/mol.